The zero-order chi connectivity index (χ0) is 19.0. The topological polar surface area (TPSA) is 95.0 Å². The van der Waals surface area contributed by atoms with Crippen LogP contribution in [0.3, 0.4) is 0 Å². The highest BCUT2D eigenvalue weighted by atomic mass is 127. The number of hydrogen-bond donors (Lipinski definition) is 4. The van der Waals surface area contributed by atoms with Crippen molar-refractivity contribution in [1.82, 2.24) is 16.0 Å². The van der Waals surface area contributed by atoms with E-state index in [1.54, 1.807) is 25.2 Å². The Kier molecular flexibility index (Phi) is 10.4. The predicted octanol–water partition coefficient (Wildman–Crippen LogP) is 2.65. The molecule has 0 radical (unpaired) electrons. The number of amides is 1. The zero-order valence-electron chi connectivity index (χ0n) is 16.2. The molecule has 4 N–H and O–H groups in total. The number of rotatable bonds is 9. The lowest BCUT2D eigenvalue weighted by Crippen LogP contribution is -2.48. The van der Waals surface area contributed by atoms with Gasteiger partial charge in [-0.15, -0.1) is 24.0 Å². The first-order valence-corrected chi connectivity index (χ1v) is 10.1. The molecule has 2 unspecified atom stereocenters. The average Bonchev–Trinajstić information content (AvgIpc) is 3.28. The van der Waals surface area contributed by atoms with E-state index in [4.69, 9.17) is 4.74 Å². The van der Waals surface area contributed by atoms with E-state index >= 15 is 0 Å². The summed E-state index contributed by atoms with van der Waals surface area (Å²) >= 11 is 1.55. The number of carbonyl (C=O) groups excluding carboxylic acids is 1. The van der Waals surface area contributed by atoms with E-state index in [0.29, 0.717) is 31.6 Å². The fourth-order valence-corrected chi connectivity index (χ4v) is 3.38. The molecule has 154 valence electrons. The van der Waals surface area contributed by atoms with Crippen LogP contribution in [0, 0.1) is 5.92 Å². The van der Waals surface area contributed by atoms with E-state index in [-0.39, 0.29) is 42.7 Å². The maximum absolute atomic E-state index is 11.7. The standard InChI is InChI=1S/C18H30N4O3S.HI/c1-4-19-16(21-12-18(3,24)14-8-9-26-11-14)20-10-15(13-6-7-13)22-17(23)25-5-2;/h8-9,11,13,15,24H,4-7,10,12H2,1-3H3,(H,22,23)(H2,19,20,21);1H. The van der Waals surface area contributed by atoms with E-state index in [9.17, 15) is 9.90 Å². The van der Waals surface area contributed by atoms with Crippen molar-refractivity contribution in [3.05, 3.63) is 22.4 Å². The summed E-state index contributed by atoms with van der Waals surface area (Å²) in [6.45, 7) is 7.43. The molecule has 9 heteroatoms. The van der Waals surface area contributed by atoms with Gasteiger partial charge in [-0.3, -0.25) is 0 Å². The molecule has 1 fully saturated rings. The minimum absolute atomic E-state index is 0. The number of ether oxygens (including phenoxy) is 1. The van der Waals surface area contributed by atoms with Crippen molar-refractivity contribution in [3.8, 4) is 0 Å². The molecule has 7 nitrogen and oxygen atoms in total. The third-order valence-electron chi connectivity index (χ3n) is 4.29. The Labute approximate surface area is 182 Å². The van der Waals surface area contributed by atoms with Crippen molar-refractivity contribution in [2.24, 2.45) is 10.9 Å². The molecule has 2 rings (SSSR count). The van der Waals surface area contributed by atoms with Crippen molar-refractivity contribution < 1.29 is 14.6 Å². The second kappa shape index (κ2) is 11.7. The van der Waals surface area contributed by atoms with Gasteiger partial charge in [-0.2, -0.15) is 11.3 Å². The summed E-state index contributed by atoms with van der Waals surface area (Å²) in [6.07, 6.45) is 1.84. The summed E-state index contributed by atoms with van der Waals surface area (Å²) in [5.74, 6) is 1.10. The number of thiophene rings is 1. The Morgan fingerprint density at radius 2 is 2.19 bits per heavy atom. The fraction of sp³-hybridized carbons (Fsp3) is 0.667. The number of alkyl carbamates (subject to hydrolysis) is 1. The van der Waals surface area contributed by atoms with Gasteiger partial charge >= 0.3 is 6.09 Å². The van der Waals surface area contributed by atoms with Crippen LogP contribution in [0.4, 0.5) is 4.79 Å². The number of carbonyl (C=O) groups is 1. The van der Waals surface area contributed by atoms with Crippen molar-refractivity contribution >= 4 is 47.4 Å². The highest BCUT2D eigenvalue weighted by Crippen LogP contribution is 2.32. The summed E-state index contributed by atoms with van der Waals surface area (Å²) in [6, 6.07) is 1.92. The Morgan fingerprint density at radius 1 is 1.44 bits per heavy atom. The first-order valence-electron chi connectivity index (χ1n) is 9.16. The van der Waals surface area contributed by atoms with E-state index in [0.717, 1.165) is 18.4 Å². The lowest BCUT2D eigenvalue weighted by Gasteiger charge is -2.23. The highest BCUT2D eigenvalue weighted by molar-refractivity contribution is 14.0. The van der Waals surface area contributed by atoms with Crippen LogP contribution in [0.25, 0.3) is 0 Å². The first kappa shape index (κ1) is 24.0. The van der Waals surface area contributed by atoms with Gasteiger partial charge in [0.05, 0.1) is 19.2 Å². The predicted molar refractivity (Wildman–Crippen MR) is 120 cm³/mol. The molecule has 1 aromatic heterocycles. The second-order valence-corrected chi connectivity index (χ2v) is 7.45. The van der Waals surface area contributed by atoms with Crippen molar-refractivity contribution in [2.75, 3.05) is 26.2 Å². The molecule has 27 heavy (non-hydrogen) atoms. The summed E-state index contributed by atoms with van der Waals surface area (Å²) in [7, 11) is 0. The Hall–Kier alpha value is -1.07. The number of halogens is 1. The van der Waals surface area contributed by atoms with Gasteiger partial charge in [-0.05, 0) is 61.9 Å². The van der Waals surface area contributed by atoms with Crippen LogP contribution in [0.5, 0.6) is 0 Å². The lowest BCUT2D eigenvalue weighted by atomic mass is 10.00. The van der Waals surface area contributed by atoms with E-state index in [1.807, 2.05) is 23.8 Å². The molecule has 0 bridgehead atoms. The third-order valence-corrected chi connectivity index (χ3v) is 4.97. The number of aliphatic imine (C=N–C) groups is 1. The minimum atomic E-state index is -1.01. The van der Waals surface area contributed by atoms with Gasteiger partial charge in [0, 0.05) is 13.1 Å². The molecule has 1 aliphatic carbocycles. The van der Waals surface area contributed by atoms with Gasteiger partial charge in [0.1, 0.15) is 5.60 Å². The van der Waals surface area contributed by atoms with Gasteiger partial charge in [0.15, 0.2) is 5.96 Å². The van der Waals surface area contributed by atoms with Gasteiger partial charge in [0.2, 0.25) is 0 Å². The molecule has 2 atom stereocenters. The van der Waals surface area contributed by atoms with E-state index < -0.39 is 5.60 Å². The number of guanidine groups is 1. The summed E-state index contributed by atoms with van der Waals surface area (Å²) in [5, 5.41) is 23.9. The molecular formula is C18H31IN4O3S. The maximum atomic E-state index is 11.7. The van der Waals surface area contributed by atoms with Gasteiger partial charge in [-0.1, -0.05) is 0 Å². The number of aliphatic hydroxyl groups is 1. The number of hydrogen-bond acceptors (Lipinski definition) is 5. The van der Waals surface area contributed by atoms with E-state index in [1.165, 1.54) is 0 Å². The maximum Gasteiger partial charge on any atom is 0.407 e. The summed E-state index contributed by atoms with van der Waals surface area (Å²) in [4.78, 5) is 16.2. The lowest BCUT2D eigenvalue weighted by molar-refractivity contribution is 0.0677. The van der Waals surface area contributed by atoms with Gasteiger partial charge in [-0.25, -0.2) is 9.79 Å². The Balaban J connectivity index is 0.00000364. The largest absolute Gasteiger partial charge is 0.450 e. The molecule has 0 spiro atoms. The van der Waals surface area contributed by atoms with Gasteiger partial charge < -0.3 is 25.8 Å². The molecule has 0 aliphatic heterocycles. The molecular weight excluding hydrogens is 479 g/mol. The zero-order valence-corrected chi connectivity index (χ0v) is 19.3. The number of nitrogens with zero attached hydrogens (tertiary/aromatic N) is 1. The second-order valence-electron chi connectivity index (χ2n) is 6.67. The number of nitrogens with one attached hydrogen (secondary N) is 3. The average molecular weight is 510 g/mol. The summed E-state index contributed by atoms with van der Waals surface area (Å²) in [5.41, 5.74) is -0.150. The molecule has 1 aromatic rings. The molecule has 1 amide bonds. The Morgan fingerprint density at radius 3 is 2.74 bits per heavy atom. The smallest absolute Gasteiger partial charge is 0.407 e. The van der Waals surface area contributed by atoms with Crippen molar-refractivity contribution in [3.63, 3.8) is 0 Å². The molecule has 0 saturated heterocycles. The highest BCUT2D eigenvalue weighted by Gasteiger charge is 2.32. The van der Waals surface area contributed by atoms with Crippen LogP contribution in [0.1, 0.15) is 39.2 Å². The monoisotopic (exact) mass is 510 g/mol. The molecule has 1 heterocycles. The van der Waals surface area contributed by atoms with Crippen LogP contribution in [-0.2, 0) is 10.3 Å². The quantitative estimate of drug-likeness (QED) is 0.233. The molecule has 1 saturated carbocycles. The van der Waals surface area contributed by atoms with Crippen LogP contribution in [0.15, 0.2) is 21.8 Å². The van der Waals surface area contributed by atoms with Crippen LogP contribution in [0.2, 0.25) is 0 Å². The van der Waals surface area contributed by atoms with Crippen LogP contribution < -0.4 is 16.0 Å². The SMILES string of the molecule is CCNC(=NCC(C)(O)c1ccsc1)NCC(NC(=O)OCC)C1CC1.I. The van der Waals surface area contributed by atoms with Crippen LogP contribution in [-0.4, -0.2) is 49.4 Å². The van der Waals surface area contributed by atoms with Gasteiger partial charge in [0.25, 0.3) is 0 Å². The van der Waals surface area contributed by atoms with E-state index in [2.05, 4.69) is 20.9 Å². The molecule has 0 aromatic carbocycles. The third kappa shape index (κ3) is 8.22. The minimum Gasteiger partial charge on any atom is -0.450 e. The van der Waals surface area contributed by atoms with Crippen LogP contribution >= 0.6 is 35.3 Å². The first-order chi connectivity index (χ1) is 12.5. The Bertz CT molecular complexity index is 591. The fourth-order valence-electron chi connectivity index (χ4n) is 2.60. The normalized spacial score (nSPS) is 17.3. The summed E-state index contributed by atoms with van der Waals surface area (Å²) < 4.78 is 4.98. The molecule has 1 aliphatic rings. The van der Waals surface area contributed by atoms with Crippen molar-refractivity contribution in [1.29, 1.82) is 0 Å². The van der Waals surface area contributed by atoms with Crippen molar-refractivity contribution in [2.45, 2.75) is 45.3 Å².